The van der Waals surface area contributed by atoms with Crippen LogP contribution < -0.4 is 10.6 Å². The number of aryl methyl sites for hydroxylation is 2. The standard InChI is InChI=1S/C11H15N3O4S/c15-7(9(16)17)5-12-10(18)14-11-13-6-3-1-2-4-8(6)19-11/h7,15H,1-5H2,(H,16,17)(H2,12,13,14,18)/t7-/m0/s1. The Morgan fingerprint density at radius 2 is 2.11 bits per heavy atom. The number of nitrogens with one attached hydrogen (secondary N) is 2. The fraction of sp³-hybridized carbons (Fsp3) is 0.545. The number of carboxylic acids is 1. The number of amides is 2. The first-order chi connectivity index (χ1) is 9.06. The van der Waals surface area contributed by atoms with Crippen LogP contribution in [0.1, 0.15) is 23.4 Å². The van der Waals surface area contributed by atoms with Crippen LogP contribution in [-0.2, 0) is 17.6 Å². The van der Waals surface area contributed by atoms with Crippen LogP contribution in [0, 0.1) is 0 Å². The summed E-state index contributed by atoms with van der Waals surface area (Å²) in [6.07, 6.45) is 2.59. The average molecular weight is 285 g/mol. The van der Waals surface area contributed by atoms with E-state index in [-0.39, 0.29) is 6.54 Å². The molecule has 8 heteroatoms. The third kappa shape index (κ3) is 3.65. The second-order valence-corrected chi connectivity index (χ2v) is 5.37. The lowest BCUT2D eigenvalue weighted by atomic mass is 10.0. The molecule has 7 nitrogen and oxygen atoms in total. The number of hydrogen-bond acceptors (Lipinski definition) is 5. The molecule has 0 aliphatic heterocycles. The van der Waals surface area contributed by atoms with E-state index < -0.39 is 18.1 Å². The smallest absolute Gasteiger partial charge is 0.334 e. The van der Waals surface area contributed by atoms with Crippen LogP contribution >= 0.6 is 11.3 Å². The van der Waals surface area contributed by atoms with Gasteiger partial charge in [0.25, 0.3) is 0 Å². The maximum absolute atomic E-state index is 11.5. The van der Waals surface area contributed by atoms with E-state index >= 15 is 0 Å². The largest absolute Gasteiger partial charge is 0.479 e. The molecule has 1 aromatic heterocycles. The summed E-state index contributed by atoms with van der Waals surface area (Å²) in [5, 5.41) is 22.8. The number of nitrogens with zero attached hydrogens (tertiary/aromatic N) is 1. The van der Waals surface area contributed by atoms with Crippen molar-refractivity contribution in [3.05, 3.63) is 10.6 Å². The lowest BCUT2D eigenvalue weighted by molar-refractivity contribution is -0.146. The molecule has 1 aliphatic carbocycles. The van der Waals surface area contributed by atoms with Gasteiger partial charge in [0, 0.05) is 4.88 Å². The van der Waals surface area contributed by atoms with Crippen LogP contribution in [0.5, 0.6) is 0 Å². The first-order valence-corrected chi connectivity index (χ1v) is 6.82. The zero-order chi connectivity index (χ0) is 13.8. The maximum atomic E-state index is 11.5. The third-order valence-corrected chi connectivity index (χ3v) is 3.88. The number of anilines is 1. The first kappa shape index (κ1) is 13.8. The van der Waals surface area contributed by atoms with Crippen molar-refractivity contribution in [2.75, 3.05) is 11.9 Å². The van der Waals surface area contributed by atoms with Gasteiger partial charge in [-0.25, -0.2) is 14.6 Å². The molecule has 104 valence electrons. The number of urea groups is 1. The van der Waals surface area contributed by atoms with E-state index in [1.807, 2.05) is 0 Å². The summed E-state index contributed by atoms with van der Waals surface area (Å²) in [5.74, 6) is -1.37. The number of aromatic nitrogens is 1. The lowest BCUT2D eigenvalue weighted by Crippen LogP contribution is -2.38. The number of thiazole rings is 1. The number of aliphatic hydroxyl groups is 1. The van der Waals surface area contributed by atoms with Gasteiger partial charge in [0.05, 0.1) is 12.2 Å². The van der Waals surface area contributed by atoms with E-state index in [0.717, 1.165) is 31.4 Å². The van der Waals surface area contributed by atoms with E-state index in [0.29, 0.717) is 5.13 Å². The van der Waals surface area contributed by atoms with E-state index in [4.69, 9.17) is 10.2 Å². The van der Waals surface area contributed by atoms with Gasteiger partial charge >= 0.3 is 12.0 Å². The van der Waals surface area contributed by atoms with Crippen LogP contribution in [0.25, 0.3) is 0 Å². The van der Waals surface area contributed by atoms with Gasteiger partial charge in [0.1, 0.15) is 0 Å². The van der Waals surface area contributed by atoms with Crippen molar-refractivity contribution in [2.45, 2.75) is 31.8 Å². The van der Waals surface area contributed by atoms with Gasteiger partial charge in [-0.2, -0.15) is 0 Å². The number of rotatable bonds is 4. The van der Waals surface area contributed by atoms with Gasteiger partial charge in [0.15, 0.2) is 11.2 Å². The Hall–Kier alpha value is -1.67. The molecule has 2 rings (SSSR count). The van der Waals surface area contributed by atoms with Gasteiger partial charge in [0.2, 0.25) is 0 Å². The SMILES string of the molecule is O=C(NC[C@H](O)C(=O)O)Nc1nc2c(s1)CCCC2. The molecule has 0 radical (unpaired) electrons. The van der Waals surface area contributed by atoms with Gasteiger partial charge < -0.3 is 15.5 Å². The van der Waals surface area contributed by atoms with Crippen LogP contribution in [0.2, 0.25) is 0 Å². The Morgan fingerprint density at radius 1 is 1.37 bits per heavy atom. The number of aliphatic carboxylic acids is 1. The molecule has 2 amide bonds. The second-order valence-electron chi connectivity index (χ2n) is 4.29. The molecule has 0 saturated carbocycles. The summed E-state index contributed by atoms with van der Waals surface area (Å²) in [4.78, 5) is 27.4. The van der Waals surface area contributed by atoms with E-state index in [9.17, 15) is 9.59 Å². The van der Waals surface area contributed by atoms with E-state index in [1.165, 1.54) is 16.2 Å². The Labute approximate surface area is 113 Å². The summed E-state index contributed by atoms with van der Waals surface area (Å²) in [5.41, 5.74) is 1.04. The molecular formula is C11H15N3O4S. The molecule has 1 aromatic rings. The maximum Gasteiger partial charge on any atom is 0.334 e. The molecule has 1 atom stereocenters. The van der Waals surface area contributed by atoms with Crippen molar-refractivity contribution < 1.29 is 19.8 Å². The predicted octanol–water partition coefficient (Wildman–Crippen LogP) is 0.589. The van der Waals surface area contributed by atoms with Gasteiger partial charge in [-0.1, -0.05) is 0 Å². The summed E-state index contributed by atoms with van der Waals surface area (Å²) in [7, 11) is 0. The van der Waals surface area contributed by atoms with Crippen LogP contribution in [-0.4, -0.2) is 39.8 Å². The Kier molecular flexibility index (Phi) is 4.33. The molecule has 1 heterocycles. The Morgan fingerprint density at radius 3 is 2.79 bits per heavy atom. The fourth-order valence-electron chi connectivity index (χ4n) is 1.82. The number of hydrogen-bond donors (Lipinski definition) is 4. The number of carbonyl (C=O) groups excluding carboxylic acids is 1. The second kappa shape index (κ2) is 5.98. The first-order valence-electron chi connectivity index (χ1n) is 6.00. The van der Waals surface area contributed by atoms with Crippen molar-refractivity contribution in [2.24, 2.45) is 0 Å². The van der Waals surface area contributed by atoms with Crippen molar-refractivity contribution >= 4 is 28.5 Å². The lowest BCUT2D eigenvalue weighted by Gasteiger charge is -2.07. The molecule has 0 bridgehead atoms. The van der Waals surface area contributed by atoms with Crippen LogP contribution in [0.15, 0.2) is 0 Å². The van der Waals surface area contributed by atoms with Gasteiger partial charge in [-0.05, 0) is 25.7 Å². The number of carbonyl (C=O) groups is 2. The number of aliphatic hydroxyl groups excluding tert-OH is 1. The molecule has 19 heavy (non-hydrogen) atoms. The van der Waals surface area contributed by atoms with Gasteiger partial charge in [-0.15, -0.1) is 11.3 Å². The van der Waals surface area contributed by atoms with Crippen molar-refractivity contribution in [3.63, 3.8) is 0 Å². The van der Waals surface area contributed by atoms with Crippen LogP contribution in [0.4, 0.5) is 9.93 Å². The molecular weight excluding hydrogens is 270 g/mol. The summed E-state index contributed by atoms with van der Waals surface area (Å²) < 4.78 is 0. The fourth-order valence-corrected chi connectivity index (χ4v) is 2.87. The highest BCUT2D eigenvalue weighted by Gasteiger charge is 2.17. The minimum Gasteiger partial charge on any atom is -0.479 e. The van der Waals surface area contributed by atoms with E-state index in [2.05, 4.69) is 15.6 Å². The molecule has 0 fully saturated rings. The molecule has 0 aromatic carbocycles. The Balaban J connectivity index is 1.85. The molecule has 0 unspecified atom stereocenters. The zero-order valence-corrected chi connectivity index (χ0v) is 11.0. The van der Waals surface area contributed by atoms with Crippen molar-refractivity contribution in [1.82, 2.24) is 10.3 Å². The van der Waals surface area contributed by atoms with Gasteiger partial charge in [-0.3, -0.25) is 5.32 Å². The highest BCUT2D eigenvalue weighted by molar-refractivity contribution is 7.15. The third-order valence-electron chi connectivity index (χ3n) is 2.81. The summed E-state index contributed by atoms with van der Waals surface area (Å²) >= 11 is 1.44. The quantitative estimate of drug-likeness (QED) is 0.647. The molecule has 4 N–H and O–H groups in total. The minimum absolute atomic E-state index is 0.341. The van der Waals surface area contributed by atoms with Crippen LogP contribution in [0.3, 0.4) is 0 Å². The number of carboxylic acid groups (broad SMARTS) is 1. The highest BCUT2D eigenvalue weighted by Crippen LogP contribution is 2.29. The normalized spacial score (nSPS) is 15.4. The highest BCUT2D eigenvalue weighted by atomic mass is 32.1. The minimum atomic E-state index is -1.60. The summed E-state index contributed by atoms with van der Waals surface area (Å²) in [6.45, 7) is -0.341. The number of fused-ring (bicyclic) bond motifs is 1. The topological polar surface area (TPSA) is 112 Å². The van der Waals surface area contributed by atoms with Crippen molar-refractivity contribution in [1.29, 1.82) is 0 Å². The Bertz CT molecular complexity index is 465. The monoisotopic (exact) mass is 285 g/mol. The molecule has 0 spiro atoms. The van der Waals surface area contributed by atoms with Crippen molar-refractivity contribution in [3.8, 4) is 0 Å². The summed E-state index contributed by atoms with van der Waals surface area (Å²) in [6, 6.07) is -0.564. The average Bonchev–Trinajstić information content (AvgIpc) is 2.77. The van der Waals surface area contributed by atoms with E-state index in [1.54, 1.807) is 0 Å². The predicted molar refractivity (Wildman–Crippen MR) is 69.4 cm³/mol. The zero-order valence-electron chi connectivity index (χ0n) is 10.2. The molecule has 1 aliphatic rings. The molecule has 0 saturated heterocycles.